The van der Waals surface area contributed by atoms with E-state index in [2.05, 4.69) is 10.3 Å². The summed E-state index contributed by atoms with van der Waals surface area (Å²) in [6, 6.07) is 0. The average molecular weight is 184 g/mol. The van der Waals surface area contributed by atoms with Crippen LogP contribution < -0.4 is 5.32 Å². The van der Waals surface area contributed by atoms with Crippen molar-refractivity contribution in [2.45, 2.75) is 26.9 Å². The fourth-order valence-corrected chi connectivity index (χ4v) is 1.40. The minimum atomic E-state index is -0.140. The Labute approximate surface area is 78.4 Å². The molecule has 0 aromatic carbocycles. The predicted octanol–water partition coefficient (Wildman–Crippen LogP) is 0.576. The molecule has 0 aromatic heterocycles. The molecule has 0 radical (unpaired) electrons. The molecule has 0 aromatic rings. The van der Waals surface area contributed by atoms with Crippen LogP contribution in [0, 0.1) is 5.41 Å². The highest BCUT2D eigenvalue weighted by molar-refractivity contribution is 6.06. The van der Waals surface area contributed by atoms with Crippen LogP contribution in [0.2, 0.25) is 0 Å². The van der Waals surface area contributed by atoms with E-state index in [0.717, 1.165) is 0 Å². The third-order valence-electron chi connectivity index (χ3n) is 1.93. The Morgan fingerprint density at radius 3 is 2.46 bits per heavy atom. The van der Waals surface area contributed by atoms with Crippen LogP contribution in [0.1, 0.15) is 20.8 Å². The molecule has 1 unspecified atom stereocenters. The molecule has 13 heavy (non-hydrogen) atoms. The van der Waals surface area contributed by atoms with Crippen molar-refractivity contribution < 1.29 is 9.53 Å². The summed E-state index contributed by atoms with van der Waals surface area (Å²) in [5.41, 5.74) is -0.0504. The summed E-state index contributed by atoms with van der Waals surface area (Å²) < 4.78 is 5.30. The summed E-state index contributed by atoms with van der Waals surface area (Å²) in [5, 5.41) is 2.70. The molecule has 1 heterocycles. The van der Waals surface area contributed by atoms with E-state index in [1.54, 1.807) is 7.11 Å². The third-order valence-corrected chi connectivity index (χ3v) is 1.93. The van der Waals surface area contributed by atoms with E-state index in [4.69, 9.17) is 4.74 Å². The van der Waals surface area contributed by atoms with Crippen LogP contribution in [-0.4, -0.2) is 31.5 Å². The van der Waals surface area contributed by atoms with Crippen LogP contribution in [0.4, 0.5) is 0 Å². The summed E-state index contributed by atoms with van der Waals surface area (Å²) in [6.45, 7) is 6.38. The lowest BCUT2D eigenvalue weighted by atomic mass is 9.88. The van der Waals surface area contributed by atoms with Crippen molar-refractivity contribution in [1.29, 1.82) is 0 Å². The molecule has 1 atom stereocenters. The number of hydrogen-bond acceptors (Lipinski definition) is 3. The number of nitrogens with zero attached hydrogens (tertiary/aromatic N) is 1. The first kappa shape index (κ1) is 10.2. The number of nitrogens with one attached hydrogen (secondary N) is 1. The molecule has 74 valence electrons. The molecule has 0 aliphatic carbocycles. The molecule has 1 aliphatic rings. The van der Waals surface area contributed by atoms with Gasteiger partial charge in [-0.05, 0) is 5.41 Å². The minimum Gasteiger partial charge on any atom is -0.373 e. The standard InChI is InChI=1S/C9H16N2O2/c1-9(2,3)7(13-4)8-10-5-6(12)11-8/h7H,5H2,1-4H3,(H,10,11,12). The van der Waals surface area contributed by atoms with Crippen LogP contribution in [0.25, 0.3) is 0 Å². The quantitative estimate of drug-likeness (QED) is 0.682. The highest BCUT2D eigenvalue weighted by Crippen LogP contribution is 2.23. The van der Waals surface area contributed by atoms with Crippen molar-refractivity contribution in [2.75, 3.05) is 13.7 Å². The first-order chi connectivity index (χ1) is 5.95. The number of aliphatic imine (C=N–C) groups is 1. The van der Waals surface area contributed by atoms with Gasteiger partial charge in [-0.25, -0.2) is 0 Å². The smallest absolute Gasteiger partial charge is 0.247 e. The normalized spacial score (nSPS) is 19.7. The van der Waals surface area contributed by atoms with Crippen molar-refractivity contribution in [2.24, 2.45) is 10.4 Å². The molecule has 0 fully saturated rings. The lowest BCUT2D eigenvalue weighted by Gasteiger charge is -2.28. The summed E-state index contributed by atoms with van der Waals surface area (Å²) in [5.74, 6) is 0.598. The van der Waals surface area contributed by atoms with E-state index in [0.29, 0.717) is 5.84 Å². The van der Waals surface area contributed by atoms with E-state index in [-0.39, 0.29) is 24.0 Å². The molecular formula is C9H16N2O2. The lowest BCUT2D eigenvalue weighted by Crippen LogP contribution is -2.43. The van der Waals surface area contributed by atoms with Gasteiger partial charge in [-0.3, -0.25) is 9.79 Å². The summed E-state index contributed by atoms with van der Waals surface area (Å²) >= 11 is 0. The number of methoxy groups -OCH3 is 1. The zero-order chi connectivity index (χ0) is 10.1. The fourth-order valence-electron chi connectivity index (χ4n) is 1.40. The number of ether oxygens (including phenoxy) is 1. The van der Waals surface area contributed by atoms with Crippen molar-refractivity contribution in [3.63, 3.8) is 0 Å². The van der Waals surface area contributed by atoms with Gasteiger partial charge in [0.15, 0.2) is 0 Å². The van der Waals surface area contributed by atoms with Gasteiger partial charge in [0.05, 0.1) is 0 Å². The second kappa shape index (κ2) is 3.46. The molecule has 0 spiro atoms. The molecular weight excluding hydrogens is 168 g/mol. The zero-order valence-electron chi connectivity index (χ0n) is 8.55. The van der Waals surface area contributed by atoms with Gasteiger partial charge in [-0.1, -0.05) is 20.8 Å². The molecule has 4 nitrogen and oxygen atoms in total. The van der Waals surface area contributed by atoms with Gasteiger partial charge in [-0.2, -0.15) is 0 Å². The summed E-state index contributed by atoms with van der Waals surface area (Å²) in [4.78, 5) is 15.0. The number of amidine groups is 1. The Balaban J connectivity index is 2.74. The molecule has 0 bridgehead atoms. The van der Waals surface area contributed by atoms with Crippen molar-refractivity contribution in [3.05, 3.63) is 0 Å². The second-order valence-electron chi connectivity index (χ2n) is 4.23. The maximum Gasteiger partial charge on any atom is 0.247 e. The van der Waals surface area contributed by atoms with Crippen molar-refractivity contribution in [1.82, 2.24) is 5.32 Å². The second-order valence-corrected chi connectivity index (χ2v) is 4.23. The van der Waals surface area contributed by atoms with E-state index < -0.39 is 0 Å². The molecule has 1 rings (SSSR count). The van der Waals surface area contributed by atoms with Gasteiger partial charge in [0.1, 0.15) is 18.5 Å². The molecule has 1 N–H and O–H groups in total. The van der Waals surface area contributed by atoms with Gasteiger partial charge >= 0.3 is 0 Å². The number of carbonyl (C=O) groups is 1. The predicted molar refractivity (Wildman–Crippen MR) is 50.7 cm³/mol. The van der Waals surface area contributed by atoms with E-state index in [9.17, 15) is 4.79 Å². The average Bonchev–Trinajstić information content (AvgIpc) is 2.34. The fraction of sp³-hybridized carbons (Fsp3) is 0.778. The van der Waals surface area contributed by atoms with Gasteiger partial charge in [0.2, 0.25) is 5.91 Å². The van der Waals surface area contributed by atoms with Gasteiger partial charge in [0, 0.05) is 7.11 Å². The maximum absolute atomic E-state index is 10.9. The summed E-state index contributed by atoms with van der Waals surface area (Å²) in [7, 11) is 1.63. The third kappa shape index (κ3) is 2.28. The van der Waals surface area contributed by atoms with Crippen LogP contribution >= 0.6 is 0 Å². The first-order valence-electron chi connectivity index (χ1n) is 4.32. The van der Waals surface area contributed by atoms with Gasteiger partial charge < -0.3 is 10.1 Å². The molecule has 0 saturated heterocycles. The maximum atomic E-state index is 10.9. The number of amides is 1. The molecule has 1 aliphatic heterocycles. The Morgan fingerprint density at radius 2 is 2.15 bits per heavy atom. The van der Waals surface area contributed by atoms with Crippen LogP contribution in [0.15, 0.2) is 4.99 Å². The Morgan fingerprint density at radius 1 is 1.54 bits per heavy atom. The number of hydrogen-bond donors (Lipinski definition) is 1. The Kier molecular flexibility index (Phi) is 2.71. The number of rotatable bonds is 2. The molecule has 1 amide bonds. The highest BCUT2D eigenvalue weighted by atomic mass is 16.5. The lowest BCUT2D eigenvalue weighted by molar-refractivity contribution is -0.117. The zero-order valence-corrected chi connectivity index (χ0v) is 8.55. The van der Waals surface area contributed by atoms with Crippen LogP contribution in [0.5, 0.6) is 0 Å². The van der Waals surface area contributed by atoms with E-state index in [1.807, 2.05) is 20.8 Å². The molecule has 0 saturated carbocycles. The van der Waals surface area contributed by atoms with Gasteiger partial charge in [-0.15, -0.1) is 0 Å². The van der Waals surface area contributed by atoms with Gasteiger partial charge in [0.25, 0.3) is 0 Å². The Hall–Kier alpha value is -0.900. The van der Waals surface area contributed by atoms with Crippen molar-refractivity contribution >= 4 is 11.7 Å². The van der Waals surface area contributed by atoms with Crippen LogP contribution in [0.3, 0.4) is 0 Å². The van der Waals surface area contributed by atoms with E-state index in [1.165, 1.54) is 0 Å². The topological polar surface area (TPSA) is 50.7 Å². The Bertz CT molecular complexity index is 240. The summed E-state index contributed by atoms with van der Waals surface area (Å²) in [6.07, 6.45) is -0.140. The monoisotopic (exact) mass is 184 g/mol. The minimum absolute atomic E-state index is 0.0504. The SMILES string of the molecule is COC(C1=NCC(=O)N1)C(C)(C)C. The van der Waals surface area contributed by atoms with Crippen molar-refractivity contribution in [3.8, 4) is 0 Å². The molecule has 4 heteroatoms. The van der Waals surface area contributed by atoms with Crippen LogP contribution in [-0.2, 0) is 9.53 Å². The number of carbonyl (C=O) groups excluding carboxylic acids is 1. The van der Waals surface area contributed by atoms with E-state index >= 15 is 0 Å². The highest BCUT2D eigenvalue weighted by Gasteiger charge is 2.32. The first-order valence-corrected chi connectivity index (χ1v) is 4.32. The largest absolute Gasteiger partial charge is 0.373 e.